The second kappa shape index (κ2) is 9.53. The average molecular weight is 509 g/mol. The molecule has 0 saturated carbocycles. The summed E-state index contributed by atoms with van der Waals surface area (Å²) in [7, 11) is 0. The van der Waals surface area contributed by atoms with Gasteiger partial charge in [0.15, 0.2) is 0 Å². The van der Waals surface area contributed by atoms with Gasteiger partial charge in [-0.15, -0.1) is 0 Å². The highest BCUT2D eigenvalue weighted by atomic mass is 127. The number of halogens is 2. The number of ether oxygens (including phenoxy) is 2. The normalized spacial score (nSPS) is 14.5. The monoisotopic (exact) mass is 509 g/mol. The number of amides is 1. The average Bonchev–Trinajstić information content (AvgIpc) is 2.55. The van der Waals surface area contributed by atoms with Gasteiger partial charge in [-0.2, -0.15) is 0 Å². The largest absolute Gasteiger partial charge is 0.479 e. The zero-order chi connectivity index (χ0) is 21.7. The molecular formula is C19H25FINO6. The predicted octanol–water partition coefficient (Wildman–Crippen LogP) is 3.66. The van der Waals surface area contributed by atoms with E-state index in [0.29, 0.717) is 9.99 Å². The Morgan fingerprint density at radius 3 is 2.39 bits per heavy atom. The molecule has 0 aliphatic carbocycles. The molecule has 0 saturated heterocycles. The van der Waals surface area contributed by atoms with Crippen LogP contribution in [0.4, 0.5) is 9.18 Å². The van der Waals surface area contributed by atoms with Gasteiger partial charge in [-0.1, -0.05) is 6.92 Å². The van der Waals surface area contributed by atoms with Crippen molar-refractivity contribution in [3.8, 4) is 0 Å². The fourth-order valence-corrected chi connectivity index (χ4v) is 2.75. The van der Waals surface area contributed by atoms with Gasteiger partial charge in [-0.3, -0.25) is 5.32 Å². The van der Waals surface area contributed by atoms with Gasteiger partial charge in [0.1, 0.15) is 11.4 Å². The number of hydrogen-bond acceptors (Lipinski definition) is 5. The third kappa shape index (κ3) is 6.61. The summed E-state index contributed by atoms with van der Waals surface area (Å²) in [6, 6.07) is 4.07. The minimum Gasteiger partial charge on any atom is -0.479 e. The number of carbonyl (C=O) groups is 3. The van der Waals surface area contributed by atoms with E-state index in [-0.39, 0.29) is 5.56 Å². The molecule has 2 atom stereocenters. The number of carbonyl (C=O) groups excluding carboxylic acids is 2. The molecule has 2 unspecified atom stereocenters. The minimum atomic E-state index is -2.54. The molecular weight excluding hydrogens is 484 g/mol. The van der Waals surface area contributed by atoms with Crippen LogP contribution >= 0.6 is 22.6 Å². The predicted molar refractivity (Wildman–Crippen MR) is 108 cm³/mol. The van der Waals surface area contributed by atoms with Gasteiger partial charge in [0, 0.05) is 9.99 Å². The third-order valence-corrected chi connectivity index (χ3v) is 4.45. The summed E-state index contributed by atoms with van der Waals surface area (Å²) in [5, 5.41) is 12.0. The van der Waals surface area contributed by atoms with Crippen LogP contribution in [-0.2, 0) is 25.5 Å². The summed E-state index contributed by atoms with van der Waals surface area (Å²) in [5.74, 6) is -3.57. The van der Waals surface area contributed by atoms with Crippen LogP contribution in [-0.4, -0.2) is 40.4 Å². The first-order valence-corrected chi connectivity index (χ1v) is 9.78. The number of esters is 1. The van der Waals surface area contributed by atoms with E-state index in [1.165, 1.54) is 12.1 Å². The van der Waals surface area contributed by atoms with Crippen molar-refractivity contribution in [3.63, 3.8) is 0 Å². The molecule has 0 bridgehead atoms. The number of aliphatic carboxylic acids is 1. The van der Waals surface area contributed by atoms with Gasteiger partial charge < -0.3 is 14.6 Å². The van der Waals surface area contributed by atoms with Crippen molar-refractivity contribution in [3.05, 3.63) is 33.1 Å². The van der Waals surface area contributed by atoms with Crippen molar-refractivity contribution in [1.29, 1.82) is 0 Å². The zero-order valence-corrected chi connectivity index (χ0v) is 18.6. The molecule has 156 valence electrons. The number of carboxylic acid groups (broad SMARTS) is 1. The first kappa shape index (κ1) is 24.1. The topological polar surface area (TPSA) is 102 Å². The van der Waals surface area contributed by atoms with Gasteiger partial charge >= 0.3 is 18.0 Å². The van der Waals surface area contributed by atoms with Crippen LogP contribution in [0.15, 0.2) is 18.2 Å². The Balaban J connectivity index is 3.39. The summed E-state index contributed by atoms with van der Waals surface area (Å²) < 4.78 is 25.2. The molecule has 1 rings (SSSR count). The Bertz CT molecular complexity index is 748. The molecule has 7 nitrogen and oxygen atoms in total. The number of hydrogen-bond donors (Lipinski definition) is 2. The summed E-state index contributed by atoms with van der Waals surface area (Å²) in [6.45, 7) is 8.11. The lowest BCUT2D eigenvalue weighted by Gasteiger charge is -2.31. The first-order valence-electron chi connectivity index (χ1n) is 8.70. The second-order valence-electron chi connectivity index (χ2n) is 7.37. The van der Waals surface area contributed by atoms with Crippen LogP contribution in [0.2, 0.25) is 0 Å². The fraction of sp³-hybridized carbons (Fsp3) is 0.526. The van der Waals surface area contributed by atoms with Gasteiger partial charge in [0.2, 0.25) is 5.54 Å². The lowest BCUT2D eigenvalue weighted by atomic mass is 9.90. The standard InChI is InChI=1S/C19H25FINO6/c1-6-11(2)27-16(25)19(15(23)24,22-17(26)28-18(3,4)5)10-12-9-13(21)7-8-14(12)20/h7-9,11H,6,10H2,1-5H3,(H,22,26)(H,23,24). The molecule has 0 heterocycles. The van der Waals surface area contributed by atoms with E-state index in [9.17, 15) is 23.9 Å². The van der Waals surface area contributed by atoms with E-state index < -0.39 is 47.5 Å². The number of rotatable bonds is 7. The summed E-state index contributed by atoms with van der Waals surface area (Å²) in [5.41, 5.74) is -3.52. The highest BCUT2D eigenvalue weighted by Crippen LogP contribution is 2.23. The van der Waals surface area contributed by atoms with E-state index in [1.807, 2.05) is 22.6 Å². The Morgan fingerprint density at radius 1 is 1.29 bits per heavy atom. The van der Waals surface area contributed by atoms with Crippen LogP contribution in [0.3, 0.4) is 0 Å². The number of benzene rings is 1. The van der Waals surface area contributed by atoms with Gasteiger partial charge in [-0.25, -0.2) is 18.8 Å². The molecule has 0 radical (unpaired) electrons. The molecule has 0 aliphatic rings. The quantitative estimate of drug-likeness (QED) is 0.331. The number of alkyl carbamates (subject to hydrolysis) is 1. The van der Waals surface area contributed by atoms with Crippen molar-refractivity contribution < 1.29 is 33.4 Å². The fourth-order valence-electron chi connectivity index (χ4n) is 2.19. The molecule has 2 N–H and O–H groups in total. The van der Waals surface area contributed by atoms with Crippen molar-refractivity contribution in [2.24, 2.45) is 0 Å². The van der Waals surface area contributed by atoms with Gasteiger partial charge in [0.05, 0.1) is 6.10 Å². The molecule has 0 aromatic heterocycles. The lowest BCUT2D eigenvalue weighted by Crippen LogP contribution is -2.63. The van der Waals surface area contributed by atoms with Crippen LogP contribution < -0.4 is 5.32 Å². The molecule has 1 amide bonds. The van der Waals surface area contributed by atoms with Crippen LogP contribution in [0.25, 0.3) is 0 Å². The van der Waals surface area contributed by atoms with Crippen molar-refractivity contribution in [1.82, 2.24) is 5.32 Å². The van der Waals surface area contributed by atoms with Gasteiger partial charge in [-0.05, 0) is 80.5 Å². The first-order chi connectivity index (χ1) is 12.8. The van der Waals surface area contributed by atoms with Crippen molar-refractivity contribution in [2.45, 2.75) is 64.7 Å². The molecule has 0 fully saturated rings. The van der Waals surface area contributed by atoms with E-state index in [2.05, 4.69) is 5.32 Å². The highest BCUT2D eigenvalue weighted by Gasteiger charge is 2.51. The Hall–Kier alpha value is -1.91. The number of carboxylic acids is 1. The molecule has 1 aromatic rings. The van der Waals surface area contributed by atoms with E-state index >= 15 is 0 Å². The summed E-state index contributed by atoms with van der Waals surface area (Å²) in [4.78, 5) is 37.2. The third-order valence-electron chi connectivity index (χ3n) is 3.77. The SMILES string of the molecule is CCC(C)OC(=O)C(Cc1cc(I)ccc1F)(NC(=O)OC(C)(C)C)C(=O)O. The molecule has 0 spiro atoms. The van der Waals surface area contributed by atoms with Crippen LogP contribution in [0.1, 0.15) is 46.6 Å². The van der Waals surface area contributed by atoms with Crippen molar-refractivity contribution >= 4 is 40.6 Å². The van der Waals surface area contributed by atoms with Crippen molar-refractivity contribution in [2.75, 3.05) is 0 Å². The summed E-state index contributed by atoms with van der Waals surface area (Å²) >= 11 is 1.94. The zero-order valence-electron chi connectivity index (χ0n) is 16.5. The molecule has 9 heteroatoms. The maximum Gasteiger partial charge on any atom is 0.409 e. The lowest BCUT2D eigenvalue weighted by molar-refractivity contribution is -0.166. The molecule has 28 heavy (non-hydrogen) atoms. The van der Waals surface area contributed by atoms with E-state index in [4.69, 9.17) is 9.47 Å². The number of nitrogens with one attached hydrogen (secondary N) is 1. The Morgan fingerprint density at radius 2 is 1.89 bits per heavy atom. The minimum absolute atomic E-state index is 0.0496. The molecule has 1 aromatic carbocycles. The Labute approximate surface area is 177 Å². The second-order valence-corrected chi connectivity index (χ2v) is 8.62. The Kier molecular flexibility index (Phi) is 8.21. The van der Waals surface area contributed by atoms with Gasteiger partial charge in [0.25, 0.3) is 0 Å². The molecule has 0 aliphatic heterocycles. The summed E-state index contributed by atoms with van der Waals surface area (Å²) in [6.07, 6.45) is -1.92. The smallest absolute Gasteiger partial charge is 0.409 e. The van der Waals surface area contributed by atoms with E-state index in [0.717, 1.165) is 6.07 Å². The van der Waals surface area contributed by atoms with Crippen LogP contribution in [0, 0.1) is 9.39 Å². The maximum atomic E-state index is 14.3. The highest BCUT2D eigenvalue weighted by molar-refractivity contribution is 14.1. The van der Waals surface area contributed by atoms with Crippen LogP contribution in [0.5, 0.6) is 0 Å². The van der Waals surface area contributed by atoms with E-state index in [1.54, 1.807) is 34.6 Å². The maximum absolute atomic E-state index is 14.3.